The lowest BCUT2D eigenvalue weighted by Crippen LogP contribution is -2.53. The van der Waals surface area contributed by atoms with Crippen LogP contribution in [0.5, 0.6) is 0 Å². The summed E-state index contributed by atoms with van der Waals surface area (Å²) >= 11 is 0. The molecule has 0 aliphatic carbocycles. The molecule has 1 saturated heterocycles. The van der Waals surface area contributed by atoms with Crippen molar-refractivity contribution in [2.24, 2.45) is 0 Å². The number of aromatic nitrogens is 4. The van der Waals surface area contributed by atoms with Gasteiger partial charge in [0.1, 0.15) is 12.2 Å². The SMILES string of the molecule is Cc1cc(Nc2nccc(C(F)(F)F)n2)cc(-c2cnn(CC(=O)N3C(C)COCC3C)c2)c1. The zero-order valence-electron chi connectivity index (χ0n) is 19.0. The summed E-state index contributed by atoms with van der Waals surface area (Å²) in [5, 5.41) is 7.16. The molecule has 2 aromatic heterocycles. The average molecular weight is 474 g/mol. The minimum Gasteiger partial charge on any atom is -0.377 e. The standard InChI is InChI=1S/C23H25F3N6O2/c1-14-6-17(8-19(7-14)29-22-27-5-4-20(30-22)23(24,25)26)18-9-28-31(10-18)11-21(33)32-15(2)12-34-13-16(32)3/h4-10,15-16H,11-13H2,1-3H3,(H,27,29,30). The summed E-state index contributed by atoms with van der Waals surface area (Å²) in [5.74, 6) is -0.187. The highest BCUT2D eigenvalue weighted by atomic mass is 19.4. The van der Waals surface area contributed by atoms with Gasteiger partial charge in [-0.2, -0.15) is 18.3 Å². The normalized spacial score (nSPS) is 18.7. The predicted molar refractivity (Wildman–Crippen MR) is 119 cm³/mol. The second kappa shape index (κ2) is 9.41. The summed E-state index contributed by atoms with van der Waals surface area (Å²) in [4.78, 5) is 22.1. The predicted octanol–water partition coefficient (Wildman–Crippen LogP) is 4.05. The van der Waals surface area contributed by atoms with Crippen LogP contribution < -0.4 is 5.32 Å². The fraction of sp³-hybridized carbons (Fsp3) is 0.391. The average Bonchev–Trinajstić information content (AvgIpc) is 3.21. The molecule has 8 nitrogen and oxygen atoms in total. The maximum Gasteiger partial charge on any atom is 0.433 e. The minimum atomic E-state index is -4.56. The second-order valence-corrected chi connectivity index (χ2v) is 8.44. The van der Waals surface area contributed by atoms with E-state index in [0.29, 0.717) is 18.9 Å². The van der Waals surface area contributed by atoms with Gasteiger partial charge in [-0.05, 0) is 50.1 Å². The van der Waals surface area contributed by atoms with Crippen LogP contribution in [0.3, 0.4) is 0 Å². The molecule has 0 radical (unpaired) electrons. The van der Waals surface area contributed by atoms with Gasteiger partial charge < -0.3 is 15.0 Å². The quantitative estimate of drug-likeness (QED) is 0.601. The zero-order chi connectivity index (χ0) is 24.5. The molecule has 3 aromatic rings. The molecule has 1 N–H and O–H groups in total. The molecule has 2 unspecified atom stereocenters. The fourth-order valence-corrected chi connectivity index (χ4v) is 4.04. The zero-order valence-corrected chi connectivity index (χ0v) is 19.0. The fourth-order valence-electron chi connectivity index (χ4n) is 4.04. The van der Waals surface area contributed by atoms with E-state index in [9.17, 15) is 18.0 Å². The highest BCUT2D eigenvalue weighted by Crippen LogP contribution is 2.29. The Bertz CT molecular complexity index is 1170. The van der Waals surface area contributed by atoms with E-state index < -0.39 is 11.9 Å². The van der Waals surface area contributed by atoms with Crippen molar-refractivity contribution in [2.45, 2.75) is 45.6 Å². The van der Waals surface area contributed by atoms with Gasteiger partial charge in [0.2, 0.25) is 11.9 Å². The van der Waals surface area contributed by atoms with Crippen molar-refractivity contribution in [3.63, 3.8) is 0 Å². The topological polar surface area (TPSA) is 85.2 Å². The smallest absolute Gasteiger partial charge is 0.377 e. The molecule has 1 fully saturated rings. The Kier molecular flexibility index (Phi) is 6.56. The Morgan fingerprint density at radius 2 is 1.91 bits per heavy atom. The Hall–Kier alpha value is -3.47. The van der Waals surface area contributed by atoms with Crippen LogP contribution in [0, 0.1) is 6.92 Å². The van der Waals surface area contributed by atoms with E-state index in [1.807, 2.05) is 31.7 Å². The van der Waals surface area contributed by atoms with Gasteiger partial charge in [-0.3, -0.25) is 9.48 Å². The van der Waals surface area contributed by atoms with Crippen LogP contribution in [0.25, 0.3) is 11.1 Å². The number of ether oxygens (including phenoxy) is 1. The van der Waals surface area contributed by atoms with Crippen molar-refractivity contribution in [3.05, 3.63) is 54.1 Å². The first-order valence-electron chi connectivity index (χ1n) is 10.8. The Balaban J connectivity index is 1.51. The number of hydrogen-bond acceptors (Lipinski definition) is 6. The van der Waals surface area contributed by atoms with E-state index in [0.717, 1.165) is 29.0 Å². The highest BCUT2D eigenvalue weighted by Gasteiger charge is 2.33. The summed E-state index contributed by atoms with van der Waals surface area (Å²) in [5.41, 5.74) is 1.96. The van der Waals surface area contributed by atoms with Crippen LogP contribution in [0.2, 0.25) is 0 Å². The summed E-state index contributed by atoms with van der Waals surface area (Å²) in [6, 6.07) is 6.28. The van der Waals surface area contributed by atoms with Crippen molar-refractivity contribution in [1.29, 1.82) is 0 Å². The number of nitrogens with one attached hydrogen (secondary N) is 1. The maximum absolute atomic E-state index is 13.0. The van der Waals surface area contributed by atoms with Crippen molar-refractivity contribution in [3.8, 4) is 11.1 Å². The Labute approximate surface area is 194 Å². The molecular formula is C23H25F3N6O2. The molecule has 1 aliphatic rings. The minimum absolute atomic E-state index is 0.00486. The molecular weight excluding hydrogens is 449 g/mol. The summed E-state index contributed by atoms with van der Waals surface area (Å²) in [6.45, 7) is 6.90. The van der Waals surface area contributed by atoms with Crippen LogP contribution in [0.1, 0.15) is 25.1 Å². The molecule has 0 saturated carbocycles. The highest BCUT2D eigenvalue weighted by molar-refractivity contribution is 5.77. The number of morpholine rings is 1. The van der Waals surface area contributed by atoms with Crippen LogP contribution in [-0.2, 0) is 22.3 Å². The van der Waals surface area contributed by atoms with Gasteiger partial charge in [-0.1, -0.05) is 6.07 Å². The molecule has 34 heavy (non-hydrogen) atoms. The Morgan fingerprint density at radius 1 is 1.18 bits per heavy atom. The van der Waals surface area contributed by atoms with Gasteiger partial charge in [-0.25, -0.2) is 9.97 Å². The van der Waals surface area contributed by atoms with E-state index in [1.165, 1.54) is 0 Å². The van der Waals surface area contributed by atoms with Crippen molar-refractivity contribution < 1.29 is 22.7 Å². The third kappa shape index (κ3) is 5.36. The lowest BCUT2D eigenvalue weighted by Gasteiger charge is -2.38. The number of nitrogens with zero attached hydrogens (tertiary/aromatic N) is 5. The molecule has 0 spiro atoms. The summed E-state index contributed by atoms with van der Waals surface area (Å²) in [7, 11) is 0. The number of rotatable bonds is 5. The molecule has 3 heterocycles. The number of amides is 1. The number of carbonyl (C=O) groups is 1. The summed E-state index contributed by atoms with van der Waals surface area (Å²) < 4.78 is 45.9. The first-order valence-corrected chi connectivity index (χ1v) is 10.8. The number of carbonyl (C=O) groups excluding carboxylic acids is 1. The van der Waals surface area contributed by atoms with Crippen LogP contribution in [-0.4, -0.2) is 55.9 Å². The largest absolute Gasteiger partial charge is 0.433 e. The number of aryl methyl sites for hydroxylation is 1. The van der Waals surface area contributed by atoms with E-state index in [1.54, 1.807) is 29.2 Å². The second-order valence-electron chi connectivity index (χ2n) is 8.44. The molecule has 11 heteroatoms. The number of alkyl halides is 3. The first-order chi connectivity index (χ1) is 16.1. The van der Waals surface area contributed by atoms with Crippen LogP contribution in [0.15, 0.2) is 42.9 Å². The van der Waals surface area contributed by atoms with E-state index in [2.05, 4.69) is 20.4 Å². The first kappa shape index (κ1) is 23.7. The molecule has 1 aromatic carbocycles. The van der Waals surface area contributed by atoms with Crippen LogP contribution in [0.4, 0.5) is 24.8 Å². The van der Waals surface area contributed by atoms with Crippen LogP contribution >= 0.6 is 0 Å². The van der Waals surface area contributed by atoms with Crippen molar-refractivity contribution in [1.82, 2.24) is 24.6 Å². The lowest BCUT2D eigenvalue weighted by atomic mass is 10.1. The third-order valence-electron chi connectivity index (χ3n) is 5.50. The molecule has 4 rings (SSSR count). The molecule has 1 amide bonds. The van der Waals surface area contributed by atoms with Gasteiger partial charge in [0.05, 0.1) is 31.5 Å². The van der Waals surface area contributed by atoms with Crippen molar-refractivity contribution >= 4 is 17.5 Å². The Morgan fingerprint density at radius 3 is 2.62 bits per heavy atom. The number of benzene rings is 1. The summed E-state index contributed by atoms with van der Waals surface area (Å²) in [6.07, 6.45) is -0.0716. The maximum atomic E-state index is 13.0. The number of hydrogen-bond donors (Lipinski definition) is 1. The van der Waals surface area contributed by atoms with Gasteiger partial charge in [0, 0.05) is 23.6 Å². The monoisotopic (exact) mass is 474 g/mol. The van der Waals surface area contributed by atoms with Gasteiger partial charge in [0.15, 0.2) is 0 Å². The van der Waals surface area contributed by atoms with Crippen molar-refractivity contribution in [2.75, 3.05) is 18.5 Å². The van der Waals surface area contributed by atoms with Gasteiger partial charge in [-0.15, -0.1) is 0 Å². The van der Waals surface area contributed by atoms with Gasteiger partial charge in [0.25, 0.3) is 0 Å². The lowest BCUT2D eigenvalue weighted by molar-refractivity contribution is -0.145. The molecule has 1 aliphatic heterocycles. The van der Waals surface area contributed by atoms with Gasteiger partial charge >= 0.3 is 6.18 Å². The third-order valence-corrected chi connectivity index (χ3v) is 5.50. The molecule has 0 bridgehead atoms. The molecule has 2 atom stereocenters. The van der Waals surface area contributed by atoms with E-state index >= 15 is 0 Å². The number of halogens is 3. The van der Waals surface area contributed by atoms with E-state index in [-0.39, 0.29) is 30.5 Å². The molecule has 180 valence electrons. The number of anilines is 2. The van der Waals surface area contributed by atoms with E-state index in [4.69, 9.17) is 4.74 Å².